The van der Waals surface area contributed by atoms with Gasteiger partial charge in [-0.25, -0.2) is 13.8 Å². The summed E-state index contributed by atoms with van der Waals surface area (Å²) in [5.74, 6) is -0.619. The molecule has 0 aliphatic carbocycles. The van der Waals surface area contributed by atoms with Crippen LogP contribution in [0.3, 0.4) is 0 Å². The van der Waals surface area contributed by atoms with E-state index in [-0.39, 0.29) is 11.6 Å². The minimum atomic E-state index is -0.518. The number of benzene rings is 3. The Morgan fingerprint density at radius 3 is 2.23 bits per heavy atom. The van der Waals surface area contributed by atoms with Crippen molar-refractivity contribution in [3.8, 4) is 5.69 Å². The lowest BCUT2D eigenvalue weighted by atomic mass is 9.94. The van der Waals surface area contributed by atoms with E-state index >= 15 is 0 Å². The molecule has 30 heavy (non-hydrogen) atoms. The van der Waals surface area contributed by atoms with Crippen LogP contribution in [0.15, 0.2) is 78.1 Å². The zero-order chi connectivity index (χ0) is 21.3. The Morgan fingerprint density at radius 1 is 1.00 bits per heavy atom. The van der Waals surface area contributed by atoms with Crippen LogP contribution in [0.4, 0.5) is 8.78 Å². The van der Waals surface area contributed by atoms with Crippen LogP contribution in [0, 0.1) is 11.6 Å². The summed E-state index contributed by atoms with van der Waals surface area (Å²) in [6, 6.07) is 17.6. The van der Waals surface area contributed by atoms with Crippen LogP contribution in [-0.2, 0) is 0 Å². The lowest BCUT2D eigenvalue weighted by Gasteiger charge is -2.17. The molecule has 152 valence electrons. The molecule has 1 atom stereocenters. The smallest absolute Gasteiger partial charge is 0.173 e. The number of nitrogens with two attached hydrogens (primary N) is 2. The number of hydrogen-bond donors (Lipinski definition) is 2. The summed E-state index contributed by atoms with van der Waals surface area (Å²) in [4.78, 5) is 4.68. The van der Waals surface area contributed by atoms with E-state index in [1.165, 1.54) is 42.2 Å². The molecule has 4 nitrogen and oxygen atoms in total. The molecule has 4 N–H and O–H groups in total. The van der Waals surface area contributed by atoms with Gasteiger partial charge < -0.3 is 11.5 Å². The second-order valence-electron chi connectivity index (χ2n) is 6.77. The topological polar surface area (TPSA) is 69.9 Å². The number of imidazole rings is 1. The van der Waals surface area contributed by atoms with Gasteiger partial charge in [-0.15, -0.1) is 0 Å². The average molecular weight is 423 g/mol. The molecule has 4 rings (SSSR count). The Morgan fingerprint density at radius 2 is 1.63 bits per heavy atom. The van der Waals surface area contributed by atoms with Crippen LogP contribution in [0.1, 0.15) is 17.2 Å². The van der Waals surface area contributed by atoms with E-state index in [4.69, 9.17) is 11.5 Å². The predicted molar refractivity (Wildman–Crippen MR) is 118 cm³/mol. The van der Waals surface area contributed by atoms with Crippen molar-refractivity contribution < 1.29 is 8.78 Å². The molecular weight excluding hydrogens is 402 g/mol. The first kappa shape index (κ1) is 20.1. The fraction of sp³-hybridized carbons (Fsp3) is 0.0870. The first-order valence-electron chi connectivity index (χ1n) is 9.27. The number of hydrogen-bond acceptors (Lipinski definition) is 4. The fourth-order valence-electron chi connectivity index (χ4n) is 3.44. The van der Waals surface area contributed by atoms with Crippen LogP contribution >= 0.6 is 11.8 Å². The van der Waals surface area contributed by atoms with E-state index in [9.17, 15) is 8.78 Å². The summed E-state index contributed by atoms with van der Waals surface area (Å²) in [6.45, 7) is 0. The van der Waals surface area contributed by atoms with Gasteiger partial charge in [-0.05, 0) is 77.7 Å². The van der Waals surface area contributed by atoms with Crippen LogP contribution in [0.25, 0.3) is 22.3 Å². The van der Waals surface area contributed by atoms with Crippen molar-refractivity contribution in [2.75, 3.05) is 6.26 Å². The number of thioether (sulfide) groups is 1. The van der Waals surface area contributed by atoms with E-state index in [0.29, 0.717) is 5.57 Å². The number of aromatic nitrogens is 2. The van der Waals surface area contributed by atoms with Gasteiger partial charge in [0, 0.05) is 5.69 Å². The molecule has 3 aromatic carbocycles. The van der Waals surface area contributed by atoms with E-state index < -0.39 is 6.04 Å². The molecule has 4 aromatic rings. The third kappa shape index (κ3) is 3.69. The second-order valence-corrected chi connectivity index (χ2v) is 7.54. The summed E-state index contributed by atoms with van der Waals surface area (Å²) in [6.07, 6.45) is 3.42. The SMILES string of the molecule is CSc1nc2ccc(/C(=C/N)C(N)c3ccc(F)cc3)cc2n1-c1ccc(F)cc1. The Bertz CT molecular complexity index is 1210. The molecule has 0 fully saturated rings. The summed E-state index contributed by atoms with van der Waals surface area (Å²) in [5, 5.41) is 0.787. The molecule has 0 radical (unpaired) electrons. The highest BCUT2D eigenvalue weighted by molar-refractivity contribution is 7.98. The summed E-state index contributed by atoms with van der Waals surface area (Å²) in [7, 11) is 0. The van der Waals surface area contributed by atoms with Gasteiger partial charge in [-0.3, -0.25) is 4.57 Å². The van der Waals surface area contributed by atoms with Gasteiger partial charge in [-0.1, -0.05) is 30.0 Å². The van der Waals surface area contributed by atoms with Crippen molar-refractivity contribution in [2.24, 2.45) is 11.5 Å². The molecule has 1 aromatic heterocycles. The molecule has 1 unspecified atom stereocenters. The maximum atomic E-state index is 13.4. The Hall–Kier alpha value is -3.16. The highest BCUT2D eigenvalue weighted by atomic mass is 32.2. The molecule has 0 aliphatic rings. The largest absolute Gasteiger partial charge is 0.404 e. The van der Waals surface area contributed by atoms with Crippen LogP contribution in [-0.4, -0.2) is 15.8 Å². The van der Waals surface area contributed by atoms with Gasteiger partial charge in [0.1, 0.15) is 11.6 Å². The highest BCUT2D eigenvalue weighted by Crippen LogP contribution is 2.32. The van der Waals surface area contributed by atoms with Gasteiger partial charge in [0.05, 0.1) is 17.1 Å². The summed E-state index contributed by atoms with van der Waals surface area (Å²) >= 11 is 1.50. The number of halogens is 2. The zero-order valence-corrected chi connectivity index (χ0v) is 17.0. The van der Waals surface area contributed by atoms with Crippen LogP contribution < -0.4 is 11.5 Å². The first-order valence-corrected chi connectivity index (χ1v) is 10.5. The third-order valence-corrected chi connectivity index (χ3v) is 5.61. The van der Waals surface area contributed by atoms with E-state index in [1.54, 1.807) is 24.3 Å². The van der Waals surface area contributed by atoms with E-state index in [0.717, 1.165) is 33.0 Å². The molecule has 0 bridgehead atoms. The standard InChI is InChI=1S/C23H20F2N4S/c1-30-23-28-20-11-4-15(12-21(20)29(23)18-9-7-17(25)8-10-18)19(13-26)22(27)14-2-5-16(24)6-3-14/h2-13,22H,26-27H2,1H3/b19-13-. The summed E-state index contributed by atoms with van der Waals surface area (Å²) < 4.78 is 28.7. The minimum absolute atomic E-state index is 0.298. The third-order valence-electron chi connectivity index (χ3n) is 4.97. The molecule has 0 saturated heterocycles. The van der Waals surface area contributed by atoms with Crippen molar-refractivity contribution in [3.05, 3.63) is 95.7 Å². The predicted octanol–water partition coefficient (Wildman–Crippen LogP) is 5.03. The van der Waals surface area contributed by atoms with Crippen LogP contribution in [0.2, 0.25) is 0 Å². The lowest BCUT2D eigenvalue weighted by molar-refractivity contribution is 0.626. The highest BCUT2D eigenvalue weighted by Gasteiger charge is 2.17. The van der Waals surface area contributed by atoms with Crippen molar-refractivity contribution >= 4 is 28.4 Å². The van der Waals surface area contributed by atoms with Crippen molar-refractivity contribution in [2.45, 2.75) is 11.2 Å². The monoisotopic (exact) mass is 422 g/mol. The maximum absolute atomic E-state index is 13.4. The molecule has 0 amide bonds. The van der Waals surface area contributed by atoms with Gasteiger partial charge in [0.2, 0.25) is 0 Å². The average Bonchev–Trinajstić information content (AvgIpc) is 3.13. The lowest BCUT2D eigenvalue weighted by Crippen LogP contribution is -2.14. The van der Waals surface area contributed by atoms with Gasteiger partial charge in [-0.2, -0.15) is 0 Å². The molecule has 0 spiro atoms. The van der Waals surface area contributed by atoms with Crippen molar-refractivity contribution in [3.63, 3.8) is 0 Å². The van der Waals surface area contributed by atoms with Crippen LogP contribution in [0.5, 0.6) is 0 Å². The van der Waals surface area contributed by atoms with Gasteiger partial charge >= 0.3 is 0 Å². The molecule has 0 aliphatic heterocycles. The van der Waals surface area contributed by atoms with E-state index in [1.807, 2.05) is 29.0 Å². The normalized spacial score (nSPS) is 13.0. The van der Waals surface area contributed by atoms with Crippen molar-refractivity contribution in [1.29, 1.82) is 0 Å². The molecule has 1 heterocycles. The summed E-state index contributed by atoms with van der Waals surface area (Å²) in [5.41, 5.74) is 17.1. The second kappa shape index (κ2) is 8.30. The molecule has 0 saturated carbocycles. The Balaban J connectivity index is 1.83. The maximum Gasteiger partial charge on any atom is 0.173 e. The zero-order valence-electron chi connectivity index (χ0n) is 16.2. The number of fused-ring (bicyclic) bond motifs is 1. The number of nitrogens with zero attached hydrogens (tertiary/aromatic N) is 2. The number of rotatable bonds is 5. The first-order chi connectivity index (χ1) is 14.5. The van der Waals surface area contributed by atoms with Gasteiger partial charge in [0.15, 0.2) is 5.16 Å². The molecular formula is C23H20F2N4S. The quantitative estimate of drug-likeness (QED) is 0.443. The van der Waals surface area contributed by atoms with Gasteiger partial charge in [0.25, 0.3) is 0 Å². The van der Waals surface area contributed by atoms with Crippen molar-refractivity contribution in [1.82, 2.24) is 9.55 Å². The van der Waals surface area contributed by atoms with E-state index in [2.05, 4.69) is 4.98 Å². The fourth-order valence-corrected chi connectivity index (χ4v) is 4.01. The minimum Gasteiger partial charge on any atom is -0.404 e. The Kier molecular flexibility index (Phi) is 5.57. The molecule has 7 heteroatoms. The Labute approximate surface area is 177 Å².